The quantitative estimate of drug-likeness (QED) is 0.257. The Morgan fingerprint density at radius 2 is 1.88 bits per heavy atom. The molecule has 0 radical (unpaired) electrons. The second kappa shape index (κ2) is 12.9. The van der Waals surface area contributed by atoms with E-state index in [4.69, 9.17) is 19.3 Å². The maximum atomic E-state index is 11.7. The fourth-order valence-electron chi connectivity index (χ4n) is 5.78. The number of carbonyl (C=O) groups excluding carboxylic acids is 2. The van der Waals surface area contributed by atoms with Crippen molar-refractivity contribution in [3.05, 3.63) is 24.8 Å². The number of hydrogen-bond donors (Lipinski definition) is 1. The number of esters is 2. The van der Waals surface area contributed by atoms with Gasteiger partial charge >= 0.3 is 17.9 Å². The van der Waals surface area contributed by atoms with Crippen LogP contribution in [0.2, 0.25) is 0 Å². The van der Waals surface area contributed by atoms with Crippen LogP contribution in [0.25, 0.3) is 0 Å². The number of unbranched alkanes of at least 4 members (excludes halogenated alkanes) is 4. The van der Waals surface area contributed by atoms with Crippen molar-refractivity contribution in [2.75, 3.05) is 13.7 Å². The van der Waals surface area contributed by atoms with Crippen LogP contribution in [0.5, 0.6) is 0 Å². The summed E-state index contributed by atoms with van der Waals surface area (Å²) < 4.78 is 15.8. The predicted octanol–water partition coefficient (Wildman–Crippen LogP) is 4.55. The number of fused-ring (bicyclic) bond motifs is 5. The van der Waals surface area contributed by atoms with E-state index in [1.54, 1.807) is 7.11 Å². The molecule has 33 heavy (non-hydrogen) atoms. The van der Waals surface area contributed by atoms with Crippen LogP contribution in [0, 0.1) is 29.6 Å². The first-order valence-electron chi connectivity index (χ1n) is 12.2. The van der Waals surface area contributed by atoms with Crippen LogP contribution < -0.4 is 0 Å². The summed E-state index contributed by atoms with van der Waals surface area (Å²) in [6.45, 7) is 11.8. The SMILES string of the molecule is C=C(C(=O)O)C1C2CC(C3COC(=O)C32)C1OC.C=CC(=O)OC(CC)CCCCCCC. The number of rotatable bonds is 12. The van der Waals surface area contributed by atoms with Crippen molar-refractivity contribution in [2.45, 2.75) is 77.4 Å². The Balaban J connectivity index is 0.000000239. The summed E-state index contributed by atoms with van der Waals surface area (Å²) in [6, 6.07) is 0. The molecule has 186 valence electrons. The molecule has 0 aromatic heterocycles. The van der Waals surface area contributed by atoms with E-state index in [9.17, 15) is 14.4 Å². The molecule has 0 amide bonds. The number of ether oxygens (including phenoxy) is 3. The average Bonchev–Trinajstić information content (AvgIpc) is 3.49. The largest absolute Gasteiger partial charge is 0.478 e. The highest BCUT2D eigenvalue weighted by Gasteiger charge is 2.64. The Kier molecular flexibility index (Phi) is 10.6. The highest BCUT2D eigenvalue weighted by Crippen LogP contribution is 2.60. The molecule has 0 aromatic carbocycles. The van der Waals surface area contributed by atoms with Crippen LogP contribution in [0.4, 0.5) is 0 Å². The summed E-state index contributed by atoms with van der Waals surface area (Å²) in [5.74, 6) is -1.45. The Morgan fingerprint density at radius 1 is 1.18 bits per heavy atom. The predicted molar refractivity (Wildman–Crippen MR) is 124 cm³/mol. The second-order valence-electron chi connectivity index (χ2n) is 9.31. The van der Waals surface area contributed by atoms with Gasteiger partial charge in [-0.1, -0.05) is 52.7 Å². The lowest BCUT2D eigenvalue weighted by Gasteiger charge is -2.35. The fourth-order valence-corrected chi connectivity index (χ4v) is 5.78. The van der Waals surface area contributed by atoms with Gasteiger partial charge in [0.05, 0.1) is 18.6 Å². The molecule has 0 aromatic rings. The number of carbonyl (C=O) groups is 3. The van der Waals surface area contributed by atoms with E-state index in [1.165, 1.54) is 31.8 Å². The summed E-state index contributed by atoms with van der Waals surface area (Å²) in [5, 5.41) is 9.12. The molecule has 0 spiro atoms. The summed E-state index contributed by atoms with van der Waals surface area (Å²) in [6.07, 6.45) is 10.2. The van der Waals surface area contributed by atoms with E-state index in [2.05, 4.69) is 20.1 Å². The number of methoxy groups -OCH3 is 1. The monoisotopic (exact) mass is 464 g/mol. The van der Waals surface area contributed by atoms with Crippen LogP contribution >= 0.6 is 0 Å². The van der Waals surface area contributed by atoms with Gasteiger partial charge < -0.3 is 19.3 Å². The van der Waals surface area contributed by atoms with Crippen LogP contribution in [0.15, 0.2) is 24.8 Å². The molecule has 2 saturated carbocycles. The van der Waals surface area contributed by atoms with Crippen LogP contribution in [0.1, 0.15) is 65.2 Å². The summed E-state index contributed by atoms with van der Waals surface area (Å²) in [7, 11) is 1.60. The van der Waals surface area contributed by atoms with Crippen molar-refractivity contribution >= 4 is 17.9 Å². The van der Waals surface area contributed by atoms with E-state index in [0.29, 0.717) is 6.61 Å². The van der Waals surface area contributed by atoms with E-state index < -0.39 is 5.97 Å². The molecule has 2 bridgehead atoms. The highest BCUT2D eigenvalue weighted by atomic mass is 16.5. The molecule has 3 fully saturated rings. The minimum atomic E-state index is -1.00. The number of carboxylic acid groups (broad SMARTS) is 1. The number of aliphatic carboxylic acids is 1. The first kappa shape index (κ1) is 27.1. The van der Waals surface area contributed by atoms with Gasteiger partial charge in [-0.05, 0) is 37.5 Å². The molecule has 7 atom stereocenters. The maximum absolute atomic E-state index is 11.7. The van der Waals surface area contributed by atoms with E-state index in [0.717, 1.165) is 25.7 Å². The smallest absolute Gasteiger partial charge is 0.331 e. The molecule has 3 aliphatic rings. The topological polar surface area (TPSA) is 99.1 Å². The Labute approximate surface area is 197 Å². The lowest BCUT2D eigenvalue weighted by Crippen LogP contribution is -2.41. The molecule has 3 rings (SSSR count). The third kappa shape index (κ3) is 6.46. The first-order valence-corrected chi connectivity index (χ1v) is 12.2. The lowest BCUT2D eigenvalue weighted by molar-refractivity contribution is -0.144. The Hall–Kier alpha value is -2.15. The summed E-state index contributed by atoms with van der Waals surface area (Å²) in [5.41, 5.74) is 0.160. The third-order valence-corrected chi connectivity index (χ3v) is 7.43. The van der Waals surface area contributed by atoms with Gasteiger partial charge in [0.2, 0.25) is 0 Å². The van der Waals surface area contributed by atoms with Crippen molar-refractivity contribution in [1.82, 2.24) is 0 Å². The minimum Gasteiger partial charge on any atom is -0.478 e. The minimum absolute atomic E-state index is 0.0172. The van der Waals surface area contributed by atoms with Crippen LogP contribution in [-0.2, 0) is 28.6 Å². The van der Waals surface area contributed by atoms with Gasteiger partial charge in [0, 0.05) is 30.6 Å². The van der Waals surface area contributed by atoms with Gasteiger partial charge in [0.25, 0.3) is 0 Å². The van der Waals surface area contributed by atoms with E-state index in [1.807, 2.05) is 6.92 Å². The molecule has 2 aliphatic carbocycles. The van der Waals surface area contributed by atoms with Crippen molar-refractivity contribution in [3.8, 4) is 0 Å². The molecule has 1 aliphatic heterocycles. The third-order valence-electron chi connectivity index (χ3n) is 7.43. The summed E-state index contributed by atoms with van der Waals surface area (Å²) in [4.78, 5) is 33.8. The number of cyclic esters (lactones) is 1. The zero-order chi connectivity index (χ0) is 24.5. The van der Waals surface area contributed by atoms with Gasteiger partial charge in [-0.15, -0.1) is 0 Å². The summed E-state index contributed by atoms with van der Waals surface area (Å²) >= 11 is 0. The van der Waals surface area contributed by atoms with Crippen LogP contribution in [-0.4, -0.2) is 48.9 Å². The zero-order valence-electron chi connectivity index (χ0n) is 20.3. The van der Waals surface area contributed by atoms with Gasteiger partial charge in [0.15, 0.2) is 0 Å². The van der Waals surface area contributed by atoms with E-state index >= 15 is 0 Å². The van der Waals surface area contributed by atoms with Crippen molar-refractivity contribution in [3.63, 3.8) is 0 Å². The fraction of sp³-hybridized carbons (Fsp3) is 0.731. The number of carboxylic acids is 1. The zero-order valence-corrected chi connectivity index (χ0v) is 20.3. The Bertz CT molecular complexity index is 715. The molecule has 7 nitrogen and oxygen atoms in total. The molecule has 7 heteroatoms. The molecule has 1 saturated heterocycles. The van der Waals surface area contributed by atoms with Crippen molar-refractivity contribution in [1.29, 1.82) is 0 Å². The van der Waals surface area contributed by atoms with Crippen molar-refractivity contribution < 1.29 is 33.7 Å². The molecular formula is C26H40O7. The van der Waals surface area contributed by atoms with Gasteiger partial charge in [-0.2, -0.15) is 0 Å². The number of hydrogen-bond acceptors (Lipinski definition) is 6. The van der Waals surface area contributed by atoms with E-state index in [-0.39, 0.29) is 59.3 Å². The Morgan fingerprint density at radius 3 is 2.45 bits per heavy atom. The normalized spacial score (nSPS) is 30.0. The average molecular weight is 465 g/mol. The van der Waals surface area contributed by atoms with Gasteiger partial charge in [0.1, 0.15) is 6.10 Å². The van der Waals surface area contributed by atoms with Gasteiger partial charge in [-0.25, -0.2) is 9.59 Å². The molecular weight excluding hydrogens is 424 g/mol. The van der Waals surface area contributed by atoms with Gasteiger partial charge in [-0.3, -0.25) is 4.79 Å². The van der Waals surface area contributed by atoms with Crippen molar-refractivity contribution in [2.24, 2.45) is 29.6 Å². The molecule has 1 N–H and O–H groups in total. The molecule has 1 heterocycles. The molecule has 7 unspecified atom stereocenters. The maximum Gasteiger partial charge on any atom is 0.331 e. The lowest BCUT2D eigenvalue weighted by atomic mass is 9.71. The standard InChI is InChI=1S/C13H16O5.C13H24O2/c1-5(12(14)15)9-7-3-6(11(9)17-2)8-4-18-13(16)10(7)8;1-4-7-8-9-10-11-12(5-2)15-13(14)6-3/h6-11H,1,3-4H2,2H3,(H,14,15);6,12H,3-5,7-11H2,1-2H3. The first-order chi connectivity index (χ1) is 15.8. The highest BCUT2D eigenvalue weighted by molar-refractivity contribution is 5.87. The van der Waals surface area contributed by atoms with Crippen LogP contribution in [0.3, 0.4) is 0 Å². The second-order valence-corrected chi connectivity index (χ2v) is 9.31.